The first-order chi connectivity index (χ1) is 8.22. The highest BCUT2D eigenvalue weighted by molar-refractivity contribution is 9.10. The number of thioether (sulfide) groups is 1. The lowest BCUT2D eigenvalue weighted by molar-refractivity contribution is 0.515. The summed E-state index contributed by atoms with van der Waals surface area (Å²) in [7, 11) is 0. The van der Waals surface area contributed by atoms with Gasteiger partial charge in [-0.05, 0) is 42.6 Å². The van der Waals surface area contributed by atoms with Crippen molar-refractivity contribution in [3.63, 3.8) is 0 Å². The Morgan fingerprint density at radius 3 is 2.71 bits per heavy atom. The minimum absolute atomic E-state index is 0.871. The summed E-state index contributed by atoms with van der Waals surface area (Å²) in [6, 6.07) is 0. The molecule has 0 bridgehead atoms. The molecule has 1 fully saturated rings. The number of nitrogens with zero attached hydrogens (tertiary/aromatic N) is 2. The number of halogens is 1. The van der Waals surface area contributed by atoms with Crippen LogP contribution in [0.4, 0.5) is 0 Å². The average Bonchev–Trinajstić information content (AvgIpc) is 2.64. The number of aryl methyl sites for hydroxylation is 2. The maximum Gasteiger partial charge on any atom is 0.0739 e. The van der Waals surface area contributed by atoms with E-state index in [1.54, 1.807) is 0 Å². The second-order valence-electron chi connectivity index (χ2n) is 4.73. The van der Waals surface area contributed by atoms with Crippen molar-refractivity contribution in [1.82, 2.24) is 9.78 Å². The lowest BCUT2D eigenvalue weighted by Gasteiger charge is -2.21. The molecule has 2 rings (SSSR count). The maximum absolute atomic E-state index is 4.55. The van der Waals surface area contributed by atoms with Crippen molar-refractivity contribution in [3.8, 4) is 0 Å². The Kier molecular flexibility index (Phi) is 4.97. The predicted molar refractivity (Wildman–Crippen MR) is 78.5 cm³/mol. The van der Waals surface area contributed by atoms with Gasteiger partial charge >= 0.3 is 0 Å². The van der Waals surface area contributed by atoms with E-state index in [2.05, 4.69) is 51.3 Å². The SMILES string of the molecule is CCn1nc(C)c(Br)c1CSC1CCCCC1. The zero-order valence-corrected chi connectivity index (χ0v) is 13.1. The minimum Gasteiger partial charge on any atom is -0.268 e. The van der Waals surface area contributed by atoms with Gasteiger partial charge in [0, 0.05) is 17.5 Å². The summed E-state index contributed by atoms with van der Waals surface area (Å²) < 4.78 is 3.34. The number of hydrogen-bond donors (Lipinski definition) is 0. The van der Waals surface area contributed by atoms with Crippen LogP contribution in [-0.2, 0) is 12.3 Å². The van der Waals surface area contributed by atoms with Crippen LogP contribution >= 0.6 is 27.7 Å². The fourth-order valence-electron chi connectivity index (χ4n) is 2.44. The quantitative estimate of drug-likeness (QED) is 0.811. The molecular weight excluding hydrogens is 296 g/mol. The van der Waals surface area contributed by atoms with Crippen molar-refractivity contribution in [3.05, 3.63) is 15.9 Å². The molecule has 4 heteroatoms. The summed E-state index contributed by atoms with van der Waals surface area (Å²) in [5.41, 5.74) is 2.48. The molecule has 0 spiro atoms. The predicted octanol–water partition coefficient (Wildman–Crippen LogP) is 4.54. The Morgan fingerprint density at radius 2 is 2.06 bits per heavy atom. The van der Waals surface area contributed by atoms with Crippen LogP contribution in [0.15, 0.2) is 4.47 Å². The standard InChI is InChI=1S/C13H21BrN2S/c1-3-16-12(13(14)10(2)15-16)9-17-11-7-5-4-6-8-11/h11H,3-9H2,1-2H3. The van der Waals surface area contributed by atoms with Crippen molar-refractivity contribution in [2.75, 3.05) is 0 Å². The van der Waals surface area contributed by atoms with Gasteiger partial charge in [-0.2, -0.15) is 16.9 Å². The van der Waals surface area contributed by atoms with E-state index < -0.39 is 0 Å². The largest absolute Gasteiger partial charge is 0.268 e. The van der Waals surface area contributed by atoms with Crippen LogP contribution in [0, 0.1) is 6.92 Å². The summed E-state index contributed by atoms with van der Waals surface area (Å²) in [6.45, 7) is 5.20. The average molecular weight is 317 g/mol. The number of rotatable bonds is 4. The molecule has 2 nitrogen and oxygen atoms in total. The Labute approximate surface area is 117 Å². The third-order valence-electron chi connectivity index (χ3n) is 3.46. The summed E-state index contributed by atoms with van der Waals surface area (Å²) in [6.07, 6.45) is 7.09. The highest BCUT2D eigenvalue weighted by atomic mass is 79.9. The smallest absolute Gasteiger partial charge is 0.0739 e. The second kappa shape index (κ2) is 6.28. The zero-order valence-electron chi connectivity index (χ0n) is 10.7. The molecule has 0 amide bonds. The summed E-state index contributed by atoms with van der Waals surface area (Å²) in [5.74, 6) is 1.10. The first-order valence-electron chi connectivity index (χ1n) is 6.55. The number of hydrogen-bond acceptors (Lipinski definition) is 2. The van der Waals surface area contributed by atoms with Crippen LogP contribution in [0.3, 0.4) is 0 Å². The Balaban J connectivity index is 1.97. The van der Waals surface area contributed by atoms with Crippen LogP contribution in [0.1, 0.15) is 50.4 Å². The molecule has 1 aromatic heterocycles. The summed E-state index contributed by atoms with van der Waals surface area (Å²) in [4.78, 5) is 0. The van der Waals surface area contributed by atoms with E-state index in [0.29, 0.717) is 0 Å². The molecule has 0 atom stereocenters. The normalized spacial score (nSPS) is 17.6. The van der Waals surface area contributed by atoms with Gasteiger partial charge in [0.05, 0.1) is 15.9 Å². The van der Waals surface area contributed by atoms with E-state index in [1.165, 1.54) is 42.3 Å². The fraction of sp³-hybridized carbons (Fsp3) is 0.769. The molecule has 1 aromatic rings. The van der Waals surface area contributed by atoms with Crippen molar-refractivity contribution in [1.29, 1.82) is 0 Å². The van der Waals surface area contributed by atoms with Gasteiger partial charge in [0.1, 0.15) is 0 Å². The van der Waals surface area contributed by atoms with E-state index in [0.717, 1.165) is 23.2 Å². The van der Waals surface area contributed by atoms with Gasteiger partial charge in [0.2, 0.25) is 0 Å². The fourth-order valence-corrected chi connectivity index (χ4v) is 4.40. The van der Waals surface area contributed by atoms with Crippen molar-refractivity contribution < 1.29 is 0 Å². The molecule has 0 N–H and O–H groups in total. The molecule has 1 heterocycles. The van der Waals surface area contributed by atoms with Crippen molar-refractivity contribution >= 4 is 27.7 Å². The van der Waals surface area contributed by atoms with Gasteiger partial charge in [-0.15, -0.1) is 0 Å². The zero-order chi connectivity index (χ0) is 12.3. The van der Waals surface area contributed by atoms with Gasteiger partial charge in [0.25, 0.3) is 0 Å². The Morgan fingerprint density at radius 1 is 1.35 bits per heavy atom. The van der Waals surface area contributed by atoms with E-state index in [-0.39, 0.29) is 0 Å². The third kappa shape index (κ3) is 3.28. The second-order valence-corrected chi connectivity index (χ2v) is 6.81. The number of aromatic nitrogens is 2. The van der Waals surface area contributed by atoms with E-state index in [4.69, 9.17) is 0 Å². The lowest BCUT2D eigenvalue weighted by Crippen LogP contribution is -2.09. The van der Waals surface area contributed by atoms with Crippen LogP contribution in [-0.4, -0.2) is 15.0 Å². The Bertz CT molecular complexity index is 370. The molecule has 0 radical (unpaired) electrons. The van der Waals surface area contributed by atoms with Crippen molar-refractivity contribution in [2.45, 2.75) is 63.5 Å². The van der Waals surface area contributed by atoms with Crippen LogP contribution in [0.2, 0.25) is 0 Å². The highest BCUT2D eigenvalue weighted by Gasteiger charge is 2.17. The molecule has 17 heavy (non-hydrogen) atoms. The molecule has 96 valence electrons. The van der Waals surface area contributed by atoms with Gasteiger partial charge < -0.3 is 0 Å². The molecule has 0 unspecified atom stereocenters. The van der Waals surface area contributed by atoms with Crippen LogP contribution in [0.25, 0.3) is 0 Å². The molecule has 1 saturated carbocycles. The third-order valence-corrected chi connectivity index (χ3v) is 5.88. The topological polar surface area (TPSA) is 17.8 Å². The molecule has 0 saturated heterocycles. The Hall–Kier alpha value is 0.0400. The minimum atomic E-state index is 0.871. The van der Waals surface area contributed by atoms with Crippen LogP contribution < -0.4 is 0 Å². The van der Waals surface area contributed by atoms with Gasteiger partial charge in [-0.25, -0.2) is 0 Å². The van der Waals surface area contributed by atoms with Crippen LogP contribution in [0.5, 0.6) is 0 Å². The highest BCUT2D eigenvalue weighted by Crippen LogP contribution is 2.33. The maximum atomic E-state index is 4.55. The van der Waals surface area contributed by atoms with Gasteiger partial charge in [-0.3, -0.25) is 4.68 Å². The molecule has 1 aliphatic rings. The van der Waals surface area contributed by atoms with E-state index in [1.807, 2.05) is 0 Å². The van der Waals surface area contributed by atoms with Gasteiger partial charge in [0.15, 0.2) is 0 Å². The molecular formula is C13H21BrN2S. The first kappa shape index (κ1) is 13.5. The first-order valence-corrected chi connectivity index (χ1v) is 8.40. The molecule has 0 aromatic carbocycles. The summed E-state index contributed by atoms with van der Waals surface area (Å²) in [5, 5.41) is 5.42. The van der Waals surface area contributed by atoms with E-state index >= 15 is 0 Å². The monoisotopic (exact) mass is 316 g/mol. The molecule has 0 aliphatic heterocycles. The lowest BCUT2D eigenvalue weighted by atomic mass is 10.0. The van der Waals surface area contributed by atoms with Gasteiger partial charge in [-0.1, -0.05) is 19.3 Å². The van der Waals surface area contributed by atoms with Crippen molar-refractivity contribution in [2.24, 2.45) is 0 Å². The summed E-state index contributed by atoms with van der Waals surface area (Å²) >= 11 is 5.79. The molecule has 1 aliphatic carbocycles. The van der Waals surface area contributed by atoms with E-state index in [9.17, 15) is 0 Å².